The van der Waals surface area contributed by atoms with Gasteiger partial charge in [-0.2, -0.15) is 45.5 Å². The van der Waals surface area contributed by atoms with E-state index in [2.05, 4.69) is 78.9 Å². The van der Waals surface area contributed by atoms with Crippen LogP contribution in [-0.2, 0) is 41.7 Å². The molecule has 0 saturated carbocycles. The Balaban J connectivity index is 0.000000171. The minimum Gasteiger partial charge on any atom is -0.207 e. The predicted octanol–water partition coefficient (Wildman–Crippen LogP) is 8.82. The van der Waals surface area contributed by atoms with Gasteiger partial charge in [0.05, 0.1) is 0 Å². The van der Waals surface area contributed by atoms with Crippen LogP contribution >= 0.6 is 17.0 Å². The number of fused-ring (bicyclic) bond motifs is 2. The molecule has 0 heterocycles. The Bertz CT molecular complexity index is 803. The molecule has 0 unspecified atom stereocenters. The molecular weight excluding hydrogens is 503 g/mol. The quantitative estimate of drug-likeness (QED) is 0.230. The first-order chi connectivity index (χ1) is 13.8. The number of hydrogen-bond acceptors (Lipinski definition) is 0. The molecule has 0 aromatic heterocycles. The van der Waals surface area contributed by atoms with Crippen molar-refractivity contribution in [2.75, 3.05) is 0 Å². The third-order valence-electron chi connectivity index (χ3n) is 6.57. The maximum absolute atomic E-state index is 5.62. The second kappa shape index (κ2) is 11.0. The molecule has 2 aliphatic rings. The fourth-order valence-electron chi connectivity index (χ4n) is 4.81. The third kappa shape index (κ3) is 7.19. The van der Waals surface area contributed by atoms with E-state index in [1.807, 2.05) is 0 Å². The molecule has 0 spiro atoms. The maximum atomic E-state index is 5.62. The van der Waals surface area contributed by atoms with E-state index in [4.69, 9.17) is 17.0 Å². The molecule has 2 aliphatic carbocycles. The van der Waals surface area contributed by atoms with Crippen LogP contribution in [0.5, 0.6) is 0 Å². The first-order valence-electron chi connectivity index (χ1n) is 11.4. The summed E-state index contributed by atoms with van der Waals surface area (Å²) in [7, 11) is 11.2. The second-order valence-corrected chi connectivity index (χ2v) is 33.7. The molecule has 2 aromatic rings. The Morgan fingerprint density at radius 2 is 1.13 bits per heavy atom. The molecule has 0 atom stereocenters. The van der Waals surface area contributed by atoms with Crippen molar-refractivity contribution in [2.24, 2.45) is 0 Å². The molecule has 0 amide bonds. The average molecular weight is 543 g/mol. The van der Waals surface area contributed by atoms with Crippen LogP contribution in [0.1, 0.15) is 86.8 Å². The van der Waals surface area contributed by atoms with Crippen LogP contribution in [0, 0.1) is 13.8 Å². The molecule has 0 nitrogen and oxygen atoms in total. The molecule has 30 heavy (non-hydrogen) atoms. The molecule has 0 N–H and O–H groups in total. The minimum absolute atomic E-state index is 0.224. The molecule has 0 saturated heterocycles. The van der Waals surface area contributed by atoms with Gasteiger partial charge < -0.3 is 0 Å². The topological polar surface area (TPSA) is 0 Å². The first kappa shape index (κ1) is 26.6. The summed E-state index contributed by atoms with van der Waals surface area (Å²) in [5.41, 5.74) is 9.93. The zero-order chi connectivity index (χ0) is 22.7. The standard InChI is InChI=1S/2C12H17.C2H6Si.2ClH.Zr/c2*1-9-7-10-5-4-6-12(2,3)11(10)8-9;1-3-2;;;/h2*7-8H,4-6H2,1-3H3;1-2H3;2*1H;/q2*-1;;;;+2/p-2. The normalized spacial score (nSPS) is 18.1. The van der Waals surface area contributed by atoms with Crippen LogP contribution in [0.2, 0.25) is 13.1 Å². The van der Waals surface area contributed by atoms with Gasteiger partial charge in [0.1, 0.15) is 0 Å². The van der Waals surface area contributed by atoms with Crippen molar-refractivity contribution < 1.29 is 18.0 Å². The van der Waals surface area contributed by atoms with Gasteiger partial charge in [-0.25, -0.2) is 12.1 Å². The summed E-state index contributed by atoms with van der Waals surface area (Å²) in [5, 5.41) is 0. The minimum atomic E-state index is -1.65. The molecule has 0 fully saturated rings. The van der Waals surface area contributed by atoms with Crippen molar-refractivity contribution in [3.63, 3.8) is 0 Å². The zero-order valence-electron chi connectivity index (χ0n) is 20.3. The molecular formula is C26H40Cl2SiZr-2. The van der Waals surface area contributed by atoms with Gasteiger partial charge in [-0.3, -0.25) is 0 Å². The molecule has 4 heteroatoms. The summed E-state index contributed by atoms with van der Waals surface area (Å²) in [5.74, 6) is 0. The van der Waals surface area contributed by atoms with E-state index in [1.54, 1.807) is 22.3 Å². The zero-order valence-corrected chi connectivity index (χ0v) is 25.3. The van der Waals surface area contributed by atoms with Crippen molar-refractivity contribution >= 4 is 22.5 Å². The van der Waals surface area contributed by atoms with Gasteiger partial charge >= 0.3 is 53.5 Å². The first-order valence-corrected chi connectivity index (χ1v) is 23.9. The number of hydrogen-bond donors (Lipinski definition) is 0. The predicted molar refractivity (Wildman–Crippen MR) is 135 cm³/mol. The van der Waals surface area contributed by atoms with Crippen LogP contribution in [0.25, 0.3) is 0 Å². The summed E-state index contributed by atoms with van der Waals surface area (Å²) in [6.45, 7) is 18.2. The fraction of sp³-hybridized carbons (Fsp3) is 0.615. The van der Waals surface area contributed by atoms with Gasteiger partial charge in [-0.1, -0.05) is 90.9 Å². The molecule has 168 valence electrons. The van der Waals surface area contributed by atoms with Gasteiger partial charge in [0.15, 0.2) is 0 Å². The van der Waals surface area contributed by atoms with Crippen molar-refractivity contribution in [3.8, 4) is 0 Å². The van der Waals surface area contributed by atoms with E-state index in [1.165, 1.54) is 49.7 Å². The van der Waals surface area contributed by atoms with E-state index in [0.29, 0.717) is 10.8 Å². The Labute approximate surface area is 200 Å². The van der Waals surface area contributed by atoms with E-state index < -0.39 is 18.0 Å². The molecule has 4 rings (SSSR count). The van der Waals surface area contributed by atoms with Crippen molar-refractivity contribution in [1.82, 2.24) is 0 Å². The summed E-state index contributed by atoms with van der Waals surface area (Å²) in [4.78, 5) is 0. The van der Waals surface area contributed by atoms with E-state index in [0.717, 1.165) is 0 Å². The Morgan fingerprint density at radius 1 is 0.800 bits per heavy atom. The molecule has 0 bridgehead atoms. The maximum Gasteiger partial charge on any atom is -0.0511 e. The van der Waals surface area contributed by atoms with Gasteiger partial charge in [0.25, 0.3) is 0 Å². The van der Waals surface area contributed by atoms with Gasteiger partial charge in [-0.15, -0.1) is 0 Å². The van der Waals surface area contributed by atoms with E-state index in [-0.39, 0.29) is 5.43 Å². The third-order valence-corrected chi connectivity index (χ3v) is 26.3. The van der Waals surface area contributed by atoms with E-state index in [9.17, 15) is 0 Å². The smallest absolute Gasteiger partial charge is 0.0511 e. The largest absolute Gasteiger partial charge is 0.207 e. The van der Waals surface area contributed by atoms with Gasteiger partial charge in [-0.05, 0) is 0 Å². The number of halogens is 2. The van der Waals surface area contributed by atoms with Crippen molar-refractivity contribution in [2.45, 2.75) is 104 Å². The Hall–Kier alpha value is 0.380. The summed E-state index contributed by atoms with van der Waals surface area (Å²) in [6.07, 6.45) is 8.03. The van der Waals surface area contributed by atoms with Gasteiger partial charge in [0.2, 0.25) is 0 Å². The summed E-state index contributed by atoms with van der Waals surface area (Å²) >= 11 is -1.65. The number of rotatable bonds is 0. The molecule has 0 radical (unpaired) electrons. The van der Waals surface area contributed by atoms with Crippen LogP contribution in [0.3, 0.4) is 0 Å². The Kier molecular flexibility index (Phi) is 9.77. The summed E-state index contributed by atoms with van der Waals surface area (Å²) in [6, 6.07) is 9.45. The SMILES string of the molecule is C[Si](C)=[Zr]([Cl])[Cl].Cc1cc2c([cH-]1)CCCC2(C)C.Cc1cc2c([cH-]1)CCCC2(C)C. The van der Waals surface area contributed by atoms with Crippen molar-refractivity contribution in [3.05, 3.63) is 57.6 Å². The van der Waals surface area contributed by atoms with Crippen LogP contribution in [0.15, 0.2) is 24.3 Å². The number of aryl methyl sites for hydroxylation is 4. The Morgan fingerprint density at radius 3 is 1.40 bits per heavy atom. The summed E-state index contributed by atoms with van der Waals surface area (Å²) < 4.78 is 0. The molecule has 0 aliphatic heterocycles. The van der Waals surface area contributed by atoms with Crippen LogP contribution < -0.4 is 0 Å². The second-order valence-electron chi connectivity index (χ2n) is 10.7. The van der Waals surface area contributed by atoms with Gasteiger partial charge in [0, 0.05) is 0 Å². The van der Waals surface area contributed by atoms with Crippen LogP contribution in [-0.4, -0.2) is 5.43 Å². The monoisotopic (exact) mass is 540 g/mol. The fourth-order valence-corrected chi connectivity index (χ4v) is 4.81. The van der Waals surface area contributed by atoms with Crippen molar-refractivity contribution in [1.29, 1.82) is 0 Å². The van der Waals surface area contributed by atoms with Crippen LogP contribution in [0.4, 0.5) is 0 Å². The molecule has 2 aromatic carbocycles. The average Bonchev–Trinajstić information content (AvgIpc) is 3.19. The van der Waals surface area contributed by atoms with E-state index >= 15 is 0 Å².